The minimum atomic E-state index is -4.22. The summed E-state index contributed by atoms with van der Waals surface area (Å²) in [5, 5.41) is 2.06. The number of rotatable bonds is 0. The van der Waals surface area contributed by atoms with Gasteiger partial charge in [0.25, 0.3) is 0 Å². The first-order valence-corrected chi connectivity index (χ1v) is 3.13. The van der Waals surface area contributed by atoms with E-state index in [9.17, 15) is 13.2 Å². The van der Waals surface area contributed by atoms with Crippen LogP contribution < -0.4 is 11.1 Å². The lowest BCUT2D eigenvalue weighted by molar-refractivity contribution is -0.153. The molecule has 0 amide bonds. The maximum absolute atomic E-state index is 11.9. The molecular weight excluding hydrogens is 286 g/mol. The van der Waals surface area contributed by atoms with E-state index in [1.807, 2.05) is 0 Å². The molecular formula is C5H9F3IN3. The molecule has 0 bridgehead atoms. The van der Waals surface area contributed by atoms with Crippen molar-refractivity contribution in [2.75, 3.05) is 6.54 Å². The fourth-order valence-electron chi connectivity index (χ4n) is 0.856. The van der Waals surface area contributed by atoms with Crippen molar-refractivity contribution in [3.8, 4) is 0 Å². The Morgan fingerprint density at radius 3 is 2.42 bits per heavy atom. The van der Waals surface area contributed by atoms with E-state index in [2.05, 4.69) is 10.3 Å². The lowest BCUT2D eigenvalue weighted by Crippen LogP contribution is -2.51. The number of guanidine groups is 1. The molecule has 1 atom stereocenters. The number of hydrogen-bond acceptors (Lipinski definition) is 3. The fourth-order valence-corrected chi connectivity index (χ4v) is 0.856. The van der Waals surface area contributed by atoms with Crippen LogP contribution in [0.15, 0.2) is 4.99 Å². The number of hydrogen-bond donors (Lipinski definition) is 2. The number of nitrogens with two attached hydrogens (primary N) is 1. The maximum atomic E-state index is 11.9. The van der Waals surface area contributed by atoms with Crippen molar-refractivity contribution in [2.45, 2.75) is 18.6 Å². The average molecular weight is 295 g/mol. The standard InChI is InChI=1S/C5H8F3N3.HI/c6-5(7,8)3-1-2-10-4(9)11-3;/h3H,1-2H2,(H3,9,10,11);1H. The summed E-state index contributed by atoms with van der Waals surface area (Å²) in [6, 6.07) is -1.53. The number of nitrogens with zero attached hydrogens (tertiary/aromatic N) is 1. The molecule has 72 valence electrons. The number of alkyl halides is 3. The molecule has 0 radical (unpaired) electrons. The zero-order chi connectivity index (χ0) is 8.48. The molecule has 1 aliphatic heterocycles. The molecule has 0 aromatic carbocycles. The van der Waals surface area contributed by atoms with Gasteiger partial charge in [-0.05, 0) is 6.42 Å². The van der Waals surface area contributed by atoms with Crippen LogP contribution in [0.5, 0.6) is 0 Å². The Kier molecular flexibility index (Phi) is 4.08. The molecule has 0 aromatic rings. The second-order valence-electron chi connectivity index (χ2n) is 2.29. The normalized spacial score (nSPS) is 23.6. The van der Waals surface area contributed by atoms with Crippen LogP contribution in [0.3, 0.4) is 0 Å². The molecule has 1 unspecified atom stereocenters. The number of nitrogens with one attached hydrogen (secondary N) is 1. The summed E-state index contributed by atoms with van der Waals surface area (Å²) in [5.74, 6) is -0.126. The van der Waals surface area contributed by atoms with E-state index < -0.39 is 12.2 Å². The molecule has 1 heterocycles. The summed E-state index contributed by atoms with van der Waals surface area (Å²) >= 11 is 0. The monoisotopic (exact) mass is 295 g/mol. The average Bonchev–Trinajstić information content (AvgIpc) is 1.86. The van der Waals surface area contributed by atoms with Crippen LogP contribution in [0.2, 0.25) is 0 Å². The minimum absolute atomic E-state index is 0. The Balaban J connectivity index is 0.00000121. The van der Waals surface area contributed by atoms with Gasteiger partial charge in [0.05, 0.1) is 0 Å². The van der Waals surface area contributed by atoms with Crippen LogP contribution >= 0.6 is 24.0 Å². The third-order valence-corrected chi connectivity index (χ3v) is 1.42. The topological polar surface area (TPSA) is 50.4 Å². The number of aliphatic imine (C=N–C) groups is 1. The Bertz CT molecular complexity index is 179. The van der Waals surface area contributed by atoms with Gasteiger partial charge in [0.2, 0.25) is 0 Å². The zero-order valence-corrected chi connectivity index (χ0v) is 8.39. The molecule has 1 rings (SSSR count). The highest BCUT2D eigenvalue weighted by Crippen LogP contribution is 2.23. The summed E-state index contributed by atoms with van der Waals surface area (Å²) in [5.41, 5.74) is 5.06. The minimum Gasteiger partial charge on any atom is -0.370 e. The van der Waals surface area contributed by atoms with Gasteiger partial charge in [-0.2, -0.15) is 13.2 Å². The van der Waals surface area contributed by atoms with Crippen molar-refractivity contribution >= 4 is 29.9 Å². The lowest BCUT2D eigenvalue weighted by Gasteiger charge is -2.24. The highest BCUT2D eigenvalue weighted by atomic mass is 127. The molecule has 0 spiro atoms. The Labute approximate surface area is 84.6 Å². The summed E-state index contributed by atoms with van der Waals surface area (Å²) in [6.07, 6.45) is -4.26. The highest BCUT2D eigenvalue weighted by Gasteiger charge is 2.40. The van der Waals surface area contributed by atoms with E-state index in [-0.39, 0.29) is 42.9 Å². The first-order valence-electron chi connectivity index (χ1n) is 3.13. The number of halogens is 4. The smallest absolute Gasteiger partial charge is 0.370 e. The molecule has 0 saturated carbocycles. The molecule has 1 aliphatic rings. The summed E-state index contributed by atoms with van der Waals surface area (Å²) in [6.45, 7) is 0.142. The fraction of sp³-hybridized carbons (Fsp3) is 0.800. The second kappa shape index (κ2) is 4.15. The van der Waals surface area contributed by atoms with Gasteiger partial charge in [-0.25, -0.2) is 0 Å². The van der Waals surface area contributed by atoms with Gasteiger partial charge in [0.1, 0.15) is 6.04 Å². The highest BCUT2D eigenvalue weighted by molar-refractivity contribution is 14.0. The van der Waals surface area contributed by atoms with Gasteiger partial charge >= 0.3 is 6.18 Å². The zero-order valence-electron chi connectivity index (χ0n) is 6.06. The van der Waals surface area contributed by atoms with Crippen molar-refractivity contribution in [3.63, 3.8) is 0 Å². The summed E-state index contributed by atoms with van der Waals surface area (Å²) < 4.78 is 35.8. The second-order valence-corrected chi connectivity index (χ2v) is 2.29. The van der Waals surface area contributed by atoms with Gasteiger partial charge in [-0.1, -0.05) is 0 Å². The Morgan fingerprint density at radius 1 is 1.50 bits per heavy atom. The van der Waals surface area contributed by atoms with Crippen molar-refractivity contribution in [2.24, 2.45) is 10.7 Å². The predicted molar refractivity (Wildman–Crippen MR) is 49.5 cm³/mol. The first kappa shape index (κ1) is 11.8. The van der Waals surface area contributed by atoms with Gasteiger partial charge in [0, 0.05) is 6.54 Å². The molecule has 3 nitrogen and oxygen atoms in total. The molecule has 0 saturated heterocycles. The predicted octanol–water partition coefficient (Wildman–Crippen LogP) is 0.843. The lowest BCUT2D eigenvalue weighted by atomic mass is 10.2. The molecule has 0 aliphatic carbocycles. The largest absolute Gasteiger partial charge is 0.408 e. The molecule has 0 aromatic heterocycles. The first-order chi connectivity index (χ1) is 5.00. The molecule has 3 N–H and O–H groups in total. The van der Waals surface area contributed by atoms with Gasteiger partial charge < -0.3 is 11.1 Å². The van der Waals surface area contributed by atoms with Crippen LogP contribution in [0.4, 0.5) is 13.2 Å². The van der Waals surface area contributed by atoms with Crippen molar-refractivity contribution in [1.82, 2.24) is 5.32 Å². The quantitative estimate of drug-likeness (QED) is 0.651. The Morgan fingerprint density at radius 2 is 2.08 bits per heavy atom. The van der Waals surface area contributed by atoms with Crippen LogP contribution in [0.25, 0.3) is 0 Å². The van der Waals surface area contributed by atoms with Crippen LogP contribution in [0, 0.1) is 0 Å². The third-order valence-electron chi connectivity index (χ3n) is 1.42. The van der Waals surface area contributed by atoms with Gasteiger partial charge in [-0.15, -0.1) is 24.0 Å². The van der Waals surface area contributed by atoms with Gasteiger partial charge in [0.15, 0.2) is 5.96 Å². The van der Waals surface area contributed by atoms with Crippen molar-refractivity contribution < 1.29 is 13.2 Å². The summed E-state index contributed by atoms with van der Waals surface area (Å²) in [4.78, 5) is 3.58. The van der Waals surface area contributed by atoms with Crippen molar-refractivity contribution in [1.29, 1.82) is 0 Å². The third kappa shape index (κ3) is 3.03. The van der Waals surface area contributed by atoms with E-state index in [4.69, 9.17) is 5.73 Å². The van der Waals surface area contributed by atoms with E-state index in [0.29, 0.717) is 0 Å². The Hall–Kier alpha value is -0.210. The molecule has 7 heteroatoms. The van der Waals surface area contributed by atoms with E-state index in [1.165, 1.54) is 0 Å². The van der Waals surface area contributed by atoms with E-state index in [0.717, 1.165) is 0 Å². The van der Waals surface area contributed by atoms with Crippen LogP contribution in [-0.4, -0.2) is 24.7 Å². The van der Waals surface area contributed by atoms with E-state index >= 15 is 0 Å². The van der Waals surface area contributed by atoms with E-state index in [1.54, 1.807) is 0 Å². The summed E-state index contributed by atoms with van der Waals surface area (Å²) in [7, 11) is 0. The van der Waals surface area contributed by atoms with Gasteiger partial charge in [-0.3, -0.25) is 4.99 Å². The SMILES string of the molecule is I.NC1=NCCC(C(F)(F)F)N1. The van der Waals surface area contributed by atoms with Crippen LogP contribution in [0.1, 0.15) is 6.42 Å². The maximum Gasteiger partial charge on any atom is 0.408 e. The van der Waals surface area contributed by atoms with Crippen LogP contribution in [-0.2, 0) is 0 Å². The van der Waals surface area contributed by atoms with Crippen molar-refractivity contribution in [3.05, 3.63) is 0 Å². The molecule has 12 heavy (non-hydrogen) atoms. The molecule has 0 fully saturated rings.